The molecule has 182 valence electrons. The number of nitro groups is 1. The number of alkyl halides is 2. The Morgan fingerprint density at radius 3 is 2.83 bits per heavy atom. The van der Waals surface area contributed by atoms with Gasteiger partial charge in [0, 0.05) is 30.6 Å². The number of hydrogen-bond donors (Lipinski definition) is 0. The van der Waals surface area contributed by atoms with Crippen LogP contribution in [-0.2, 0) is 25.1 Å². The fraction of sp³-hybridized carbons (Fsp3) is 0.200. The van der Waals surface area contributed by atoms with Gasteiger partial charge in [-0.25, -0.2) is 9.78 Å². The molecule has 0 bridgehead atoms. The molecule has 15 heteroatoms. The number of nitro benzene ring substituents is 1. The van der Waals surface area contributed by atoms with Gasteiger partial charge in [0.25, 0.3) is 15.8 Å². The summed E-state index contributed by atoms with van der Waals surface area (Å²) in [6.45, 7) is -0.708. The summed E-state index contributed by atoms with van der Waals surface area (Å²) in [7, 11) is -4.38. The van der Waals surface area contributed by atoms with Gasteiger partial charge in [-0.05, 0) is 18.2 Å². The Labute approximate surface area is 195 Å². The van der Waals surface area contributed by atoms with Crippen LogP contribution < -0.4 is 9.64 Å². The minimum Gasteiger partial charge on any atom is -0.441 e. The van der Waals surface area contributed by atoms with Crippen molar-refractivity contribution >= 4 is 27.6 Å². The average molecular weight is 508 g/mol. The molecule has 35 heavy (non-hydrogen) atoms. The third-order valence-corrected chi connectivity index (χ3v) is 6.53. The topological polar surface area (TPSA) is 143 Å². The third kappa shape index (κ3) is 4.04. The van der Waals surface area contributed by atoms with Crippen molar-refractivity contribution < 1.29 is 40.6 Å². The van der Waals surface area contributed by atoms with Gasteiger partial charge in [0.05, 0.1) is 22.8 Å². The van der Waals surface area contributed by atoms with Crippen LogP contribution in [0, 0.1) is 10.1 Å². The third-order valence-electron chi connectivity index (χ3n) is 5.25. The fourth-order valence-electron chi connectivity index (χ4n) is 3.65. The number of hydrogen-bond acceptors (Lipinski definition) is 9. The van der Waals surface area contributed by atoms with E-state index in [1.54, 1.807) is 0 Å². The Morgan fingerprint density at radius 2 is 2.06 bits per heavy atom. The number of non-ortho nitro benzene ring substituents is 1. The normalized spacial score (nSPS) is 18.4. The molecule has 1 aromatic heterocycles. The zero-order valence-electron chi connectivity index (χ0n) is 17.4. The lowest BCUT2D eigenvalue weighted by Gasteiger charge is -2.27. The zero-order chi connectivity index (χ0) is 25.0. The van der Waals surface area contributed by atoms with Crippen LogP contribution in [0.25, 0.3) is 5.69 Å². The molecule has 0 unspecified atom stereocenters. The van der Waals surface area contributed by atoms with Crippen molar-refractivity contribution in [2.24, 2.45) is 0 Å². The van der Waals surface area contributed by atoms with Crippen LogP contribution in [0.2, 0.25) is 0 Å². The zero-order valence-corrected chi connectivity index (χ0v) is 18.2. The highest BCUT2D eigenvalue weighted by Crippen LogP contribution is 2.42. The summed E-state index contributed by atoms with van der Waals surface area (Å²) in [6.07, 6.45) is -2.99. The van der Waals surface area contributed by atoms with Crippen LogP contribution >= 0.6 is 0 Å². The summed E-state index contributed by atoms with van der Waals surface area (Å²) in [5.41, 5.74) is 0.0380. The second-order valence-electron chi connectivity index (χ2n) is 7.50. The van der Waals surface area contributed by atoms with Gasteiger partial charge < -0.3 is 9.47 Å². The molecule has 12 nitrogen and oxygen atoms in total. The first-order valence-electron chi connectivity index (χ1n) is 9.92. The van der Waals surface area contributed by atoms with Crippen LogP contribution in [0.15, 0.2) is 59.8 Å². The van der Waals surface area contributed by atoms with Crippen molar-refractivity contribution in [3.05, 3.63) is 70.8 Å². The summed E-state index contributed by atoms with van der Waals surface area (Å²) in [6, 6.07) is 8.48. The Kier molecular flexibility index (Phi) is 5.17. The second-order valence-corrected chi connectivity index (χ2v) is 9.12. The molecule has 1 fully saturated rings. The number of ether oxygens (including phenoxy) is 2. The average Bonchev–Trinajstić information content (AvgIpc) is 3.45. The highest BCUT2D eigenvalue weighted by Gasteiger charge is 2.44. The van der Waals surface area contributed by atoms with E-state index in [0.29, 0.717) is 5.69 Å². The quantitative estimate of drug-likeness (QED) is 0.279. The van der Waals surface area contributed by atoms with E-state index in [1.165, 1.54) is 41.2 Å². The van der Waals surface area contributed by atoms with E-state index >= 15 is 0 Å². The maximum absolute atomic E-state index is 14.3. The minimum absolute atomic E-state index is 0.144. The van der Waals surface area contributed by atoms with Crippen LogP contribution in [-0.4, -0.2) is 48.2 Å². The monoisotopic (exact) mass is 508 g/mol. The van der Waals surface area contributed by atoms with Crippen LogP contribution in [0.4, 0.5) is 25.0 Å². The second kappa shape index (κ2) is 7.99. The van der Waals surface area contributed by atoms with E-state index < -0.39 is 56.4 Å². The number of carbonyl (C=O) groups is 1. The molecule has 2 aromatic carbocycles. The lowest BCUT2D eigenvalue weighted by Crippen LogP contribution is -2.31. The van der Waals surface area contributed by atoms with E-state index in [-0.39, 0.29) is 18.0 Å². The van der Waals surface area contributed by atoms with Crippen LogP contribution in [0.5, 0.6) is 5.75 Å². The summed E-state index contributed by atoms with van der Waals surface area (Å²) >= 11 is 0. The lowest BCUT2D eigenvalue weighted by atomic mass is 10.2. The van der Waals surface area contributed by atoms with Crippen molar-refractivity contribution in [1.29, 1.82) is 0 Å². The van der Waals surface area contributed by atoms with Crippen molar-refractivity contribution in [1.82, 2.24) is 9.55 Å². The first kappa shape index (κ1) is 22.7. The Bertz CT molecular complexity index is 1460. The number of amides is 1. The maximum Gasteiger partial charge on any atom is 0.461 e. The molecule has 3 aromatic rings. The number of imidazole rings is 1. The summed E-state index contributed by atoms with van der Waals surface area (Å²) < 4.78 is 69.3. The van der Waals surface area contributed by atoms with Crippen LogP contribution in [0.1, 0.15) is 5.82 Å². The van der Waals surface area contributed by atoms with Gasteiger partial charge in [0.1, 0.15) is 17.6 Å². The number of nitrogens with zero attached hydrogens (tertiary/aromatic N) is 4. The van der Waals surface area contributed by atoms with E-state index in [0.717, 1.165) is 23.1 Å². The van der Waals surface area contributed by atoms with Gasteiger partial charge in [-0.1, -0.05) is 6.07 Å². The molecule has 5 rings (SSSR count). The smallest absolute Gasteiger partial charge is 0.441 e. The van der Waals surface area contributed by atoms with E-state index in [9.17, 15) is 32.1 Å². The van der Waals surface area contributed by atoms with Gasteiger partial charge in [-0.2, -0.15) is 17.2 Å². The summed E-state index contributed by atoms with van der Waals surface area (Å²) in [5.74, 6) is -0.778. The lowest BCUT2D eigenvalue weighted by molar-refractivity contribution is -0.385. The molecule has 0 spiro atoms. The molecular formula is C20H14F2N4O8S. The van der Waals surface area contributed by atoms with Crippen molar-refractivity contribution in [2.45, 2.75) is 17.1 Å². The van der Waals surface area contributed by atoms with Crippen LogP contribution in [0.3, 0.4) is 0 Å². The Hall–Kier alpha value is -4.11. The van der Waals surface area contributed by atoms with Gasteiger partial charge in [-0.15, -0.1) is 0 Å². The fourth-order valence-corrected chi connectivity index (χ4v) is 4.63. The standard InChI is InChI=1S/C20H14F2N4O8S/c21-20(22)18-23-6-7-24(18)16-5-4-12(9-17(16)34-20)25-10-14(33-19(25)27)11-32-35(30,31)15-3-1-2-13(8-15)26(28)29/h1-9,14H,10-11H2/t14-/m0/s1. The first-order chi connectivity index (χ1) is 16.5. The molecule has 2 aliphatic heterocycles. The number of rotatable bonds is 6. The van der Waals surface area contributed by atoms with Gasteiger partial charge >= 0.3 is 12.2 Å². The Balaban J connectivity index is 1.31. The predicted octanol–water partition coefficient (Wildman–Crippen LogP) is 2.95. The van der Waals surface area contributed by atoms with Crippen molar-refractivity contribution in [3.8, 4) is 11.4 Å². The number of cyclic esters (lactones) is 1. The molecule has 3 heterocycles. The van der Waals surface area contributed by atoms with Crippen molar-refractivity contribution in [3.63, 3.8) is 0 Å². The molecule has 0 N–H and O–H groups in total. The van der Waals surface area contributed by atoms with E-state index in [2.05, 4.69) is 4.98 Å². The number of fused-ring (bicyclic) bond motifs is 3. The molecule has 0 radical (unpaired) electrons. The molecule has 0 aliphatic carbocycles. The number of halogens is 2. The Morgan fingerprint density at radius 1 is 1.26 bits per heavy atom. The maximum atomic E-state index is 14.3. The highest BCUT2D eigenvalue weighted by atomic mass is 32.2. The number of benzene rings is 2. The molecule has 1 saturated heterocycles. The van der Waals surface area contributed by atoms with E-state index in [1.807, 2.05) is 0 Å². The molecule has 1 amide bonds. The molecule has 1 atom stereocenters. The van der Waals surface area contributed by atoms with E-state index in [4.69, 9.17) is 13.7 Å². The van der Waals surface area contributed by atoms with Gasteiger partial charge in [-0.3, -0.25) is 23.8 Å². The molecule has 2 aliphatic rings. The number of carbonyl (C=O) groups excluding carboxylic acids is 1. The van der Waals surface area contributed by atoms with Gasteiger partial charge in [0.15, 0.2) is 5.75 Å². The first-order valence-corrected chi connectivity index (χ1v) is 11.3. The molecular weight excluding hydrogens is 494 g/mol. The minimum atomic E-state index is -4.38. The summed E-state index contributed by atoms with van der Waals surface area (Å²) in [4.78, 5) is 26.8. The van der Waals surface area contributed by atoms with Gasteiger partial charge in [0.2, 0.25) is 5.82 Å². The number of anilines is 1. The largest absolute Gasteiger partial charge is 0.461 e. The van der Waals surface area contributed by atoms with Crippen molar-refractivity contribution in [2.75, 3.05) is 18.1 Å². The SMILES string of the molecule is O=C1O[C@H](COS(=O)(=O)c2cccc([N+](=O)[O-])c2)CN1c1ccc2c(c1)OC(F)(F)c1nccn1-2. The molecule has 0 saturated carbocycles. The summed E-state index contributed by atoms with van der Waals surface area (Å²) in [5, 5.41) is 10.9. The highest BCUT2D eigenvalue weighted by molar-refractivity contribution is 7.86. The number of aromatic nitrogens is 2. The predicted molar refractivity (Wildman–Crippen MR) is 112 cm³/mol.